The van der Waals surface area contributed by atoms with E-state index in [1.165, 1.54) is 19.2 Å². The highest BCUT2D eigenvalue weighted by atomic mass is 35.5. The fourth-order valence-electron chi connectivity index (χ4n) is 1.50. The van der Waals surface area contributed by atoms with Crippen molar-refractivity contribution in [2.24, 2.45) is 0 Å². The first-order chi connectivity index (χ1) is 8.84. The van der Waals surface area contributed by atoms with Gasteiger partial charge in [-0.05, 0) is 24.6 Å². The van der Waals surface area contributed by atoms with E-state index in [4.69, 9.17) is 11.6 Å². The lowest BCUT2D eigenvalue weighted by molar-refractivity contribution is -0.137. The molecule has 0 heterocycles. The van der Waals surface area contributed by atoms with E-state index in [0.29, 0.717) is 6.42 Å². The molecule has 1 aromatic carbocycles. The van der Waals surface area contributed by atoms with Gasteiger partial charge in [-0.15, -0.1) is 0 Å². The second-order valence-electron chi connectivity index (χ2n) is 3.89. The van der Waals surface area contributed by atoms with Crippen LogP contribution in [0.5, 0.6) is 0 Å². The summed E-state index contributed by atoms with van der Waals surface area (Å²) in [5.41, 5.74) is -0.839. The van der Waals surface area contributed by atoms with E-state index in [1.807, 2.05) is 0 Å². The van der Waals surface area contributed by atoms with Crippen LogP contribution in [-0.2, 0) is 11.0 Å². The average molecular weight is 295 g/mol. The molecule has 7 heteroatoms. The first kappa shape index (κ1) is 15.6. The Morgan fingerprint density at radius 2 is 2.05 bits per heavy atom. The van der Waals surface area contributed by atoms with Crippen molar-refractivity contribution in [3.05, 3.63) is 28.8 Å². The highest BCUT2D eigenvalue weighted by Crippen LogP contribution is 2.36. The Hall–Kier alpha value is -1.43. The van der Waals surface area contributed by atoms with Crippen molar-refractivity contribution in [1.82, 2.24) is 5.32 Å². The molecule has 106 valence electrons. The van der Waals surface area contributed by atoms with Crippen LogP contribution in [0.2, 0.25) is 5.02 Å². The second-order valence-corrected chi connectivity index (χ2v) is 4.33. The van der Waals surface area contributed by atoms with Crippen molar-refractivity contribution >= 4 is 23.2 Å². The van der Waals surface area contributed by atoms with Gasteiger partial charge >= 0.3 is 6.18 Å². The van der Waals surface area contributed by atoms with Crippen LogP contribution in [0, 0.1) is 0 Å². The van der Waals surface area contributed by atoms with Crippen molar-refractivity contribution in [3.8, 4) is 0 Å². The lowest BCUT2D eigenvalue weighted by Gasteiger charge is -2.14. The van der Waals surface area contributed by atoms with Crippen molar-refractivity contribution < 1.29 is 18.0 Å². The first-order valence-corrected chi connectivity index (χ1v) is 6.03. The average Bonchev–Trinajstić information content (AvgIpc) is 2.34. The van der Waals surface area contributed by atoms with Crippen LogP contribution >= 0.6 is 11.6 Å². The summed E-state index contributed by atoms with van der Waals surface area (Å²) in [7, 11) is 1.51. The smallest absolute Gasteiger partial charge is 0.385 e. The van der Waals surface area contributed by atoms with Crippen molar-refractivity contribution in [2.75, 3.05) is 18.9 Å². The first-order valence-electron chi connectivity index (χ1n) is 5.66. The van der Waals surface area contributed by atoms with E-state index in [2.05, 4.69) is 10.6 Å². The molecule has 0 unspecified atom stereocenters. The Bertz CT molecular complexity index is 449. The Morgan fingerprint density at radius 3 is 2.63 bits per heavy atom. The van der Waals surface area contributed by atoms with E-state index < -0.39 is 11.7 Å². The summed E-state index contributed by atoms with van der Waals surface area (Å²) in [6, 6.07) is 3.55. The number of hydrogen-bond donors (Lipinski definition) is 2. The van der Waals surface area contributed by atoms with Crippen LogP contribution in [0.4, 0.5) is 18.9 Å². The quantitative estimate of drug-likeness (QED) is 0.818. The minimum Gasteiger partial charge on any atom is -0.385 e. The monoisotopic (exact) mass is 294 g/mol. The maximum absolute atomic E-state index is 12.8. The molecule has 0 saturated carbocycles. The summed E-state index contributed by atoms with van der Waals surface area (Å²) in [5.74, 6) is -0.144. The van der Waals surface area contributed by atoms with Crippen molar-refractivity contribution in [2.45, 2.75) is 19.0 Å². The summed E-state index contributed by atoms with van der Waals surface area (Å²) in [6.07, 6.45) is -3.76. The third-order valence-corrected chi connectivity index (χ3v) is 2.70. The summed E-state index contributed by atoms with van der Waals surface area (Å²) in [5, 5.41) is 5.14. The normalized spacial score (nSPS) is 11.2. The highest BCUT2D eigenvalue weighted by Gasteiger charge is 2.33. The molecule has 1 aromatic rings. The zero-order valence-corrected chi connectivity index (χ0v) is 11.0. The predicted molar refractivity (Wildman–Crippen MR) is 68.2 cm³/mol. The third kappa shape index (κ3) is 4.98. The minimum atomic E-state index is -4.46. The second kappa shape index (κ2) is 6.65. The SMILES string of the molecule is CNC(=O)CCCNc1ccc(Cl)cc1C(F)(F)F. The lowest BCUT2D eigenvalue weighted by atomic mass is 10.1. The number of alkyl halides is 3. The van der Waals surface area contributed by atoms with Gasteiger partial charge in [0.1, 0.15) is 0 Å². The molecule has 0 aliphatic carbocycles. The van der Waals surface area contributed by atoms with Gasteiger partial charge in [-0.2, -0.15) is 13.2 Å². The molecular formula is C12H14ClF3N2O. The fraction of sp³-hybridized carbons (Fsp3) is 0.417. The van der Waals surface area contributed by atoms with Gasteiger partial charge in [-0.25, -0.2) is 0 Å². The summed E-state index contributed by atoms with van der Waals surface area (Å²) >= 11 is 5.56. The number of amides is 1. The largest absolute Gasteiger partial charge is 0.418 e. The van der Waals surface area contributed by atoms with Crippen LogP contribution in [0.15, 0.2) is 18.2 Å². The van der Waals surface area contributed by atoms with Crippen LogP contribution in [0.1, 0.15) is 18.4 Å². The van der Waals surface area contributed by atoms with E-state index in [-0.39, 0.29) is 29.6 Å². The number of nitrogens with one attached hydrogen (secondary N) is 2. The van der Waals surface area contributed by atoms with E-state index >= 15 is 0 Å². The molecule has 0 fully saturated rings. The maximum Gasteiger partial charge on any atom is 0.418 e. The molecule has 0 spiro atoms. The zero-order chi connectivity index (χ0) is 14.5. The van der Waals surface area contributed by atoms with Crippen molar-refractivity contribution in [3.63, 3.8) is 0 Å². The summed E-state index contributed by atoms with van der Waals surface area (Å²) < 4.78 is 38.3. The third-order valence-electron chi connectivity index (χ3n) is 2.46. The molecule has 3 nitrogen and oxygen atoms in total. The molecule has 0 aromatic heterocycles. The number of anilines is 1. The van der Waals surface area contributed by atoms with E-state index in [0.717, 1.165) is 6.07 Å². The van der Waals surface area contributed by atoms with E-state index in [9.17, 15) is 18.0 Å². The number of carbonyl (C=O) groups excluding carboxylic acids is 1. The van der Waals surface area contributed by atoms with Gasteiger partial charge in [0.2, 0.25) is 5.91 Å². The van der Waals surface area contributed by atoms with Gasteiger partial charge in [0.05, 0.1) is 5.56 Å². The van der Waals surface area contributed by atoms with Crippen molar-refractivity contribution in [1.29, 1.82) is 0 Å². The molecule has 1 rings (SSSR count). The van der Waals surface area contributed by atoms with Gasteiger partial charge in [0, 0.05) is 30.7 Å². The van der Waals surface area contributed by atoms with Crippen LogP contribution in [-0.4, -0.2) is 19.5 Å². The summed E-state index contributed by atoms with van der Waals surface area (Å²) in [6.45, 7) is 0.276. The molecule has 0 saturated heterocycles. The lowest BCUT2D eigenvalue weighted by Crippen LogP contribution is -2.18. The molecule has 19 heavy (non-hydrogen) atoms. The minimum absolute atomic E-state index is 0.0308. The predicted octanol–water partition coefficient (Wildman–Crippen LogP) is 3.30. The highest BCUT2D eigenvalue weighted by molar-refractivity contribution is 6.30. The molecule has 0 bridgehead atoms. The Morgan fingerprint density at radius 1 is 1.37 bits per heavy atom. The molecule has 0 aliphatic heterocycles. The van der Waals surface area contributed by atoms with Gasteiger partial charge in [0.25, 0.3) is 0 Å². The van der Waals surface area contributed by atoms with Gasteiger partial charge in [-0.1, -0.05) is 11.6 Å². The molecule has 0 aliphatic rings. The van der Waals surface area contributed by atoms with Gasteiger partial charge in [0.15, 0.2) is 0 Å². The Kier molecular flexibility index (Phi) is 5.47. The number of carbonyl (C=O) groups is 1. The Balaban J connectivity index is 2.66. The molecule has 0 atom stereocenters. The van der Waals surface area contributed by atoms with Crippen LogP contribution < -0.4 is 10.6 Å². The molecule has 2 N–H and O–H groups in total. The van der Waals surface area contributed by atoms with Crippen LogP contribution in [0.3, 0.4) is 0 Å². The van der Waals surface area contributed by atoms with Gasteiger partial charge in [-0.3, -0.25) is 4.79 Å². The van der Waals surface area contributed by atoms with Gasteiger partial charge < -0.3 is 10.6 Å². The standard InChI is InChI=1S/C12H14ClF3N2O/c1-17-11(19)3-2-6-18-10-5-4-8(13)7-9(10)12(14,15)16/h4-5,7,18H,2-3,6H2,1H3,(H,17,19). The number of rotatable bonds is 5. The number of hydrogen-bond acceptors (Lipinski definition) is 2. The molecule has 1 amide bonds. The maximum atomic E-state index is 12.8. The Labute approximate surface area is 114 Å². The van der Waals surface area contributed by atoms with E-state index in [1.54, 1.807) is 0 Å². The zero-order valence-electron chi connectivity index (χ0n) is 10.3. The van der Waals surface area contributed by atoms with Crippen LogP contribution in [0.25, 0.3) is 0 Å². The number of benzene rings is 1. The summed E-state index contributed by atoms with van der Waals surface area (Å²) in [4.78, 5) is 11.0. The number of halogens is 4. The molecular weight excluding hydrogens is 281 g/mol. The topological polar surface area (TPSA) is 41.1 Å². The fourth-order valence-corrected chi connectivity index (χ4v) is 1.67. The molecule has 0 radical (unpaired) electrons.